The van der Waals surface area contributed by atoms with Gasteiger partial charge in [-0.1, -0.05) is 170 Å². The molecule has 1 aliphatic heterocycles. The number of nitrogens with zero attached hydrogens (tertiary/aromatic N) is 2. The number of benzene rings is 7. The monoisotopic (exact) mass is 640 g/mol. The van der Waals surface area contributed by atoms with Crippen molar-refractivity contribution in [3.63, 3.8) is 0 Å². The summed E-state index contributed by atoms with van der Waals surface area (Å²) >= 11 is 0. The molecule has 8 aromatic rings. The Hall–Kier alpha value is -6.58. The number of rotatable bonds is 6. The fraction of sp³-hybridized carbons (Fsp3) is 0.0213. The number of amidine groups is 1. The summed E-state index contributed by atoms with van der Waals surface area (Å²) in [6.07, 6.45) is 2.85. The molecule has 0 N–H and O–H groups in total. The minimum absolute atomic E-state index is 0.656. The van der Waals surface area contributed by atoms with Gasteiger partial charge in [-0.25, -0.2) is 9.98 Å². The number of aliphatic imine (C=N–C) groups is 2. The van der Waals surface area contributed by atoms with Gasteiger partial charge in [0.15, 0.2) is 5.84 Å². The van der Waals surface area contributed by atoms with Crippen molar-refractivity contribution < 1.29 is 4.42 Å². The second kappa shape index (κ2) is 12.8. The van der Waals surface area contributed by atoms with E-state index in [2.05, 4.69) is 146 Å². The zero-order valence-electron chi connectivity index (χ0n) is 27.3. The Morgan fingerprint density at radius 3 is 1.40 bits per heavy atom. The molecular formula is C47H32N2O. The number of allylic oxidation sites excluding steroid dienone is 1. The van der Waals surface area contributed by atoms with Crippen molar-refractivity contribution in [3.05, 3.63) is 199 Å². The van der Waals surface area contributed by atoms with Gasteiger partial charge in [0.1, 0.15) is 11.2 Å². The van der Waals surface area contributed by atoms with Crippen molar-refractivity contribution in [2.45, 2.75) is 6.42 Å². The van der Waals surface area contributed by atoms with E-state index >= 15 is 0 Å². The van der Waals surface area contributed by atoms with Crippen LogP contribution < -0.4 is 0 Å². The van der Waals surface area contributed by atoms with E-state index in [-0.39, 0.29) is 0 Å². The summed E-state index contributed by atoms with van der Waals surface area (Å²) in [4.78, 5) is 10.6. The summed E-state index contributed by atoms with van der Waals surface area (Å²) in [7, 11) is 0. The van der Waals surface area contributed by atoms with Crippen LogP contribution in [0.1, 0.15) is 23.1 Å². The fourth-order valence-corrected chi connectivity index (χ4v) is 6.90. The average molecular weight is 641 g/mol. The molecule has 7 aromatic carbocycles. The van der Waals surface area contributed by atoms with Crippen LogP contribution >= 0.6 is 0 Å². The molecule has 236 valence electrons. The maximum absolute atomic E-state index is 6.53. The van der Waals surface area contributed by atoms with Crippen molar-refractivity contribution in [1.29, 1.82) is 0 Å². The van der Waals surface area contributed by atoms with E-state index in [9.17, 15) is 0 Å². The second-order valence-corrected chi connectivity index (χ2v) is 12.5. The predicted molar refractivity (Wildman–Crippen MR) is 209 cm³/mol. The van der Waals surface area contributed by atoms with Gasteiger partial charge in [0.05, 0.1) is 11.4 Å². The summed E-state index contributed by atoms with van der Waals surface area (Å²) in [5.41, 5.74) is 13.6. The highest BCUT2D eigenvalue weighted by Crippen LogP contribution is 2.40. The Kier molecular flexibility index (Phi) is 7.56. The summed E-state index contributed by atoms with van der Waals surface area (Å²) in [6.45, 7) is 0. The first-order valence-corrected chi connectivity index (χ1v) is 17.0. The minimum atomic E-state index is 0.656. The van der Waals surface area contributed by atoms with Gasteiger partial charge in [0, 0.05) is 22.8 Å². The summed E-state index contributed by atoms with van der Waals surface area (Å²) < 4.78 is 6.53. The molecule has 9 rings (SSSR count). The molecule has 50 heavy (non-hydrogen) atoms. The largest absolute Gasteiger partial charge is 0.456 e. The number of fused-ring (bicyclic) bond motifs is 3. The molecular weight excluding hydrogens is 609 g/mol. The molecule has 0 saturated carbocycles. The normalized spacial score (nSPS) is 13.1. The molecule has 0 fully saturated rings. The van der Waals surface area contributed by atoms with Crippen molar-refractivity contribution in [2.75, 3.05) is 0 Å². The van der Waals surface area contributed by atoms with Gasteiger partial charge in [-0.2, -0.15) is 0 Å². The third kappa shape index (κ3) is 5.55. The van der Waals surface area contributed by atoms with E-state index in [0.29, 0.717) is 12.3 Å². The minimum Gasteiger partial charge on any atom is -0.456 e. The van der Waals surface area contributed by atoms with Crippen LogP contribution in [0.25, 0.3) is 61.0 Å². The standard InChI is InChI=1S/C47H32N2O/c1-4-12-32(13-5-1)34-22-26-36(27-23-34)39-18-10-20-43-45(39)46-40(19-11-21-44(46)50-43)47-48-41(37-16-8-3-9-17-37)30-31-42(49-47)38-28-24-35(25-29-38)33-14-6-2-7-15-33/h1-30H,31H2. The first-order valence-electron chi connectivity index (χ1n) is 17.0. The molecule has 1 aromatic heterocycles. The van der Waals surface area contributed by atoms with E-state index in [1.54, 1.807) is 0 Å². The quantitative estimate of drug-likeness (QED) is 0.178. The maximum atomic E-state index is 6.53. The van der Waals surface area contributed by atoms with Crippen LogP contribution in [0.5, 0.6) is 0 Å². The van der Waals surface area contributed by atoms with Crippen LogP contribution in [0.15, 0.2) is 196 Å². The van der Waals surface area contributed by atoms with Gasteiger partial charge < -0.3 is 4.42 Å². The maximum Gasteiger partial charge on any atom is 0.160 e. The molecule has 0 radical (unpaired) electrons. The third-order valence-electron chi connectivity index (χ3n) is 9.42. The fourth-order valence-electron chi connectivity index (χ4n) is 6.90. The molecule has 0 bridgehead atoms. The van der Waals surface area contributed by atoms with Crippen LogP contribution in [-0.4, -0.2) is 11.5 Å². The summed E-state index contributed by atoms with van der Waals surface area (Å²) in [5, 5.41) is 2.08. The molecule has 3 heteroatoms. The number of hydrogen-bond donors (Lipinski definition) is 0. The van der Waals surface area contributed by atoms with Crippen molar-refractivity contribution in [1.82, 2.24) is 0 Å². The second-order valence-electron chi connectivity index (χ2n) is 12.5. The van der Waals surface area contributed by atoms with Gasteiger partial charge in [-0.15, -0.1) is 0 Å². The topological polar surface area (TPSA) is 37.9 Å². The Morgan fingerprint density at radius 2 is 0.820 bits per heavy atom. The van der Waals surface area contributed by atoms with Crippen LogP contribution in [0.3, 0.4) is 0 Å². The molecule has 3 nitrogen and oxygen atoms in total. The van der Waals surface area contributed by atoms with Gasteiger partial charge in [0.2, 0.25) is 0 Å². The Balaban J connectivity index is 1.20. The smallest absolute Gasteiger partial charge is 0.160 e. The molecule has 0 saturated heterocycles. The number of furan rings is 1. The summed E-state index contributed by atoms with van der Waals surface area (Å²) in [6, 6.07) is 61.3. The van der Waals surface area contributed by atoms with E-state index in [0.717, 1.165) is 61.2 Å². The molecule has 0 amide bonds. The van der Waals surface area contributed by atoms with Gasteiger partial charge in [0.25, 0.3) is 0 Å². The lowest BCUT2D eigenvalue weighted by atomic mass is 9.95. The molecule has 0 aliphatic carbocycles. The van der Waals surface area contributed by atoms with Gasteiger partial charge in [-0.05, 0) is 56.6 Å². The Labute approximate surface area is 291 Å². The van der Waals surface area contributed by atoms with Crippen LogP contribution in [0.4, 0.5) is 0 Å². The first kappa shape index (κ1) is 29.6. The van der Waals surface area contributed by atoms with Crippen LogP contribution in [0, 0.1) is 0 Å². The third-order valence-corrected chi connectivity index (χ3v) is 9.42. The SMILES string of the molecule is C1=C(c2ccccc2)N=C(c2cccc3oc4cccc(-c5ccc(-c6ccccc6)cc5)c4c23)N=C(c2ccc(-c3ccccc3)cc2)C1. The lowest BCUT2D eigenvalue weighted by molar-refractivity contribution is 0.669. The van der Waals surface area contributed by atoms with E-state index in [1.165, 1.54) is 22.3 Å². The summed E-state index contributed by atoms with van der Waals surface area (Å²) in [5.74, 6) is 0.669. The van der Waals surface area contributed by atoms with Crippen LogP contribution in [-0.2, 0) is 0 Å². The van der Waals surface area contributed by atoms with Gasteiger partial charge in [-0.3, -0.25) is 0 Å². The van der Waals surface area contributed by atoms with Crippen molar-refractivity contribution >= 4 is 39.2 Å². The highest BCUT2D eigenvalue weighted by molar-refractivity contribution is 6.25. The van der Waals surface area contributed by atoms with Crippen LogP contribution in [0.2, 0.25) is 0 Å². The molecule has 0 atom stereocenters. The van der Waals surface area contributed by atoms with Crippen molar-refractivity contribution in [2.24, 2.45) is 9.98 Å². The number of hydrogen-bond acceptors (Lipinski definition) is 3. The molecule has 1 aliphatic rings. The first-order chi connectivity index (χ1) is 24.8. The lowest BCUT2D eigenvalue weighted by Gasteiger charge is -2.10. The highest BCUT2D eigenvalue weighted by Gasteiger charge is 2.21. The van der Waals surface area contributed by atoms with Gasteiger partial charge >= 0.3 is 0 Å². The predicted octanol–water partition coefficient (Wildman–Crippen LogP) is 12.3. The van der Waals surface area contributed by atoms with E-state index < -0.39 is 0 Å². The molecule has 2 heterocycles. The van der Waals surface area contributed by atoms with Crippen molar-refractivity contribution in [3.8, 4) is 33.4 Å². The van der Waals surface area contributed by atoms with E-state index in [1.807, 2.05) is 36.4 Å². The molecule has 0 unspecified atom stereocenters. The zero-order chi connectivity index (χ0) is 33.3. The van der Waals surface area contributed by atoms with E-state index in [4.69, 9.17) is 14.4 Å². The molecule has 0 spiro atoms. The Bertz CT molecular complexity index is 2560. The highest BCUT2D eigenvalue weighted by atomic mass is 16.3. The lowest BCUT2D eigenvalue weighted by Crippen LogP contribution is -2.05. The average Bonchev–Trinajstić information content (AvgIpc) is 3.44. The zero-order valence-corrected chi connectivity index (χ0v) is 27.3. The Morgan fingerprint density at radius 1 is 0.360 bits per heavy atom.